The molecule has 4 heteroatoms. The summed E-state index contributed by atoms with van der Waals surface area (Å²) >= 11 is 0. The van der Waals surface area contributed by atoms with Gasteiger partial charge in [-0.15, -0.1) is 0 Å². The molecule has 0 radical (unpaired) electrons. The molecule has 0 aliphatic heterocycles. The lowest BCUT2D eigenvalue weighted by Gasteiger charge is -2.16. The minimum absolute atomic E-state index is 0.0437. The van der Waals surface area contributed by atoms with Crippen LogP contribution in [-0.2, 0) is 11.2 Å². The van der Waals surface area contributed by atoms with E-state index in [0.29, 0.717) is 6.04 Å². The van der Waals surface area contributed by atoms with E-state index in [2.05, 4.69) is 0 Å². The lowest BCUT2D eigenvalue weighted by molar-refractivity contribution is -0.132. The third-order valence-corrected chi connectivity index (χ3v) is 3.33. The highest BCUT2D eigenvalue weighted by Gasteiger charge is 2.29. The Bertz CT molecular complexity index is 424. The minimum atomic E-state index is 0.0437. The monoisotopic (exact) mass is 262 g/mol. The Morgan fingerprint density at radius 3 is 2.58 bits per heavy atom. The molecule has 1 fully saturated rings. The molecule has 0 saturated heterocycles. The second kappa shape index (κ2) is 6.06. The van der Waals surface area contributed by atoms with Crippen LogP contribution in [0, 0.1) is 0 Å². The van der Waals surface area contributed by atoms with Crippen molar-refractivity contribution in [2.45, 2.75) is 38.3 Å². The van der Waals surface area contributed by atoms with E-state index in [1.54, 1.807) is 4.90 Å². The molecule has 1 unspecified atom stereocenters. The maximum absolute atomic E-state index is 11.8. The fraction of sp³-hybridized carbons (Fsp3) is 0.533. The van der Waals surface area contributed by atoms with E-state index in [9.17, 15) is 4.79 Å². The van der Waals surface area contributed by atoms with E-state index in [-0.39, 0.29) is 18.6 Å². The fourth-order valence-corrected chi connectivity index (χ4v) is 2.01. The van der Waals surface area contributed by atoms with Crippen molar-refractivity contribution >= 4 is 5.91 Å². The molecule has 1 aromatic rings. The highest BCUT2D eigenvalue weighted by Crippen LogP contribution is 2.25. The molecular formula is C15H22N2O2. The van der Waals surface area contributed by atoms with Gasteiger partial charge in [-0.25, -0.2) is 0 Å². The molecule has 2 rings (SSSR count). The predicted molar refractivity (Wildman–Crippen MR) is 75.1 cm³/mol. The van der Waals surface area contributed by atoms with Crippen molar-refractivity contribution in [3.8, 4) is 5.75 Å². The zero-order valence-corrected chi connectivity index (χ0v) is 11.6. The Balaban J connectivity index is 1.80. The Hall–Kier alpha value is -1.55. The zero-order valence-electron chi connectivity index (χ0n) is 11.6. The molecule has 2 N–H and O–H groups in total. The van der Waals surface area contributed by atoms with E-state index in [1.807, 2.05) is 38.2 Å². The summed E-state index contributed by atoms with van der Waals surface area (Å²) in [6.07, 6.45) is 3.09. The second-order valence-corrected chi connectivity index (χ2v) is 5.35. The first-order valence-electron chi connectivity index (χ1n) is 6.79. The standard InChI is InChI=1S/C15H22N2O2/c1-11(16)9-12-3-7-14(8-4-12)19-10-15(18)17(2)13-5-6-13/h3-4,7-8,11,13H,5-6,9-10,16H2,1-2H3. The highest BCUT2D eigenvalue weighted by molar-refractivity contribution is 5.78. The molecule has 1 aromatic carbocycles. The number of amides is 1. The van der Waals surface area contributed by atoms with Gasteiger partial charge in [0.2, 0.25) is 0 Å². The lowest BCUT2D eigenvalue weighted by atomic mass is 10.1. The summed E-state index contributed by atoms with van der Waals surface area (Å²) in [4.78, 5) is 13.6. The van der Waals surface area contributed by atoms with Crippen LogP contribution in [0.3, 0.4) is 0 Å². The van der Waals surface area contributed by atoms with Crippen molar-refractivity contribution in [1.82, 2.24) is 4.90 Å². The van der Waals surface area contributed by atoms with Gasteiger partial charge in [-0.2, -0.15) is 0 Å². The number of nitrogens with zero attached hydrogens (tertiary/aromatic N) is 1. The summed E-state index contributed by atoms with van der Waals surface area (Å²) < 4.78 is 5.50. The summed E-state index contributed by atoms with van der Waals surface area (Å²) in [5, 5.41) is 0. The Kier molecular flexibility index (Phi) is 4.43. The van der Waals surface area contributed by atoms with Crippen LogP contribution in [-0.4, -0.2) is 36.5 Å². The first-order chi connectivity index (χ1) is 9.06. The molecule has 0 heterocycles. The van der Waals surface area contributed by atoms with Gasteiger partial charge in [-0.3, -0.25) is 4.79 Å². The molecular weight excluding hydrogens is 240 g/mol. The van der Waals surface area contributed by atoms with Crippen molar-refractivity contribution < 1.29 is 9.53 Å². The normalized spacial score (nSPS) is 15.9. The van der Waals surface area contributed by atoms with Crippen molar-refractivity contribution in [3.63, 3.8) is 0 Å². The van der Waals surface area contributed by atoms with E-state index >= 15 is 0 Å². The van der Waals surface area contributed by atoms with Gasteiger partial charge in [-0.05, 0) is 43.9 Å². The summed E-state index contributed by atoms with van der Waals surface area (Å²) in [5.74, 6) is 0.771. The van der Waals surface area contributed by atoms with Gasteiger partial charge >= 0.3 is 0 Å². The highest BCUT2D eigenvalue weighted by atomic mass is 16.5. The molecule has 1 aliphatic rings. The van der Waals surface area contributed by atoms with Gasteiger partial charge in [-0.1, -0.05) is 12.1 Å². The molecule has 1 atom stereocenters. The number of likely N-dealkylation sites (N-methyl/N-ethyl adjacent to an activating group) is 1. The number of hydrogen-bond acceptors (Lipinski definition) is 3. The Morgan fingerprint density at radius 1 is 1.42 bits per heavy atom. The van der Waals surface area contributed by atoms with Gasteiger partial charge in [0.25, 0.3) is 5.91 Å². The van der Waals surface area contributed by atoms with E-state index in [1.165, 1.54) is 5.56 Å². The fourth-order valence-electron chi connectivity index (χ4n) is 2.01. The lowest BCUT2D eigenvalue weighted by Crippen LogP contribution is -2.33. The summed E-state index contributed by atoms with van der Waals surface area (Å²) in [5.41, 5.74) is 6.93. The van der Waals surface area contributed by atoms with Crippen molar-refractivity contribution in [1.29, 1.82) is 0 Å². The topological polar surface area (TPSA) is 55.6 Å². The third kappa shape index (κ3) is 4.24. The SMILES string of the molecule is CC(N)Cc1ccc(OCC(=O)N(C)C2CC2)cc1. The van der Waals surface area contributed by atoms with Gasteiger partial charge < -0.3 is 15.4 Å². The van der Waals surface area contributed by atoms with Gasteiger partial charge in [0.05, 0.1) is 0 Å². The summed E-state index contributed by atoms with van der Waals surface area (Å²) in [6, 6.07) is 8.36. The van der Waals surface area contributed by atoms with Crippen LogP contribution in [0.2, 0.25) is 0 Å². The third-order valence-electron chi connectivity index (χ3n) is 3.33. The molecule has 1 saturated carbocycles. The van der Waals surface area contributed by atoms with Crippen LogP contribution >= 0.6 is 0 Å². The van der Waals surface area contributed by atoms with Crippen molar-refractivity contribution in [2.24, 2.45) is 5.73 Å². The van der Waals surface area contributed by atoms with Crippen molar-refractivity contribution in [2.75, 3.05) is 13.7 Å². The van der Waals surface area contributed by atoms with Gasteiger partial charge in [0.1, 0.15) is 5.75 Å². The van der Waals surface area contributed by atoms with Gasteiger partial charge in [0, 0.05) is 19.1 Å². The maximum Gasteiger partial charge on any atom is 0.260 e. The average molecular weight is 262 g/mol. The largest absolute Gasteiger partial charge is 0.484 e. The van der Waals surface area contributed by atoms with E-state index in [4.69, 9.17) is 10.5 Å². The second-order valence-electron chi connectivity index (χ2n) is 5.35. The van der Waals surface area contributed by atoms with Crippen LogP contribution in [0.4, 0.5) is 0 Å². The molecule has 0 bridgehead atoms. The first-order valence-corrected chi connectivity index (χ1v) is 6.79. The first kappa shape index (κ1) is 13.9. The van der Waals surface area contributed by atoms with Crippen LogP contribution < -0.4 is 10.5 Å². The zero-order chi connectivity index (χ0) is 13.8. The van der Waals surface area contributed by atoms with Gasteiger partial charge in [0.15, 0.2) is 6.61 Å². The number of carbonyl (C=O) groups excluding carboxylic acids is 1. The van der Waals surface area contributed by atoms with Crippen LogP contribution in [0.25, 0.3) is 0 Å². The van der Waals surface area contributed by atoms with E-state index in [0.717, 1.165) is 25.0 Å². The molecule has 1 aliphatic carbocycles. The number of carbonyl (C=O) groups is 1. The molecule has 104 valence electrons. The Morgan fingerprint density at radius 2 is 2.05 bits per heavy atom. The number of benzene rings is 1. The molecule has 4 nitrogen and oxygen atoms in total. The number of hydrogen-bond donors (Lipinski definition) is 1. The average Bonchev–Trinajstić information content (AvgIpc) is 3.20. The number of rotatable bonds is 6. The van der Waals surface area contributed by atoms with Crippen LogP contribution in [0.5, 0.6) is 5.75 Å². The van der Waals surface area contributed by atoms with Crippen molar-refractivity contribution in [3.05, 3.63) is 29.8 Å². The number of ether oxygens (including phenoxy) is 1. The van der Waals surface area contributed by atoms with Crippen LogP contribution in [0.15, 0.2) is 24.3 Å². The quantitative estimate of drug-likeness (QED) is 0.846. The minimum Gasteiger partial charge on any atom is -0.484 e. The van der Waals surface area contributed by atoms with Crippen LogP contribution in [0.1, 0.15) is 25.3 Å². The Labute approximate surface area is 114 Å². The predicted octanol–water partition coefficient (Wildman–Crippen LogP) is 1.58. The maximum atomic E-state index is 11.8. The summed E-state index contributed by atoms with van der Waals surface area (Å²) in [7, 11) is 1.84. The smallest absolute Gasteiger partial charge is 0.260 e. The van der Waals surface area contributed by atoms with E-state index < -0.39 is 0 Å². The molecule has 0 aromatic heterocycles. The number of nitrogens with two attached hydrogens (primary N) is 1. The molecule has 19 heavy (non-hydrogen) atoms. The molecule has 0 spiro atoms. The molecule has 1 amide bonds. The summed E-state index contributed by atoms with van der Waals surface area (Å²) in [6.45, 7) is 2.09.